The third-order valence-electron chi connectivity index (χ3n) is 4.56. The van der Waals surface area contributed by atoms with E-state index < -0.39 is 49.6 Å². The Kier molecular flexibility index (Phi) is 7.26. The number of rotatable bonds is 8. The average Bonchev–Trinajstić information content (AvgIpc) is 3.09. The van der Waals surface area contributed by atoms with Crippen molar-refractivity contribution in [1.82, 2.24) is 9.55 Å². The van der Waals surface area contributed by atoms with Gasteiger partial charge >= 0.3 is 0 Å². The summed E-state index contributed by atoms with van der Waals surface area (Å²) in [5.41, 5.74) is -1.12. The van der Waals surface area contributed by atoms with Crippen molar-refractivity contribution >= 4 is 50.3 Å². The summed E-state index contributed by atoms with van der Waals surface area (Å²) in [5.74, 6) is -5.58. The molecule has 0 fully saturated rings. The molecule has 13 heteroatoms. The smallest absolute Gasteiger partial charge is 0.287 e. The summed E-state index contributed by atoms with van der Waals surface area (Å²) in [6.07, 6.45) is -2.90. The fourth-order valence-electron chi connectivity index (χ4n) is 3.08. The Morgan fingerprint density at radius 2 is 2.06 bits per heavy atom. The highest BCUT2D eigenvalue weighted by atomic mass is 79.9. The van der Waals surface area contributed by atoms with Crippen LogP contribution in [-0.4, -0.2) is 45.9 Å². The molecule has 6 nitrogen and oxygen atoms in total. The van der Waals surface area contributed by atoms with E-state index in [2.05, 4.69) is 26.2 Å². The van der Waals surface area contributed by atoms with Gasteiger partial charge in [-0.05, 0) is 40.2 Å². The van der Waals surface area contributed by atoms with Gasteiger partial charge in [-0.2, -0.15) is 5.26 Å². The van der Waals surface area contributed by atoms with Crippen molar-refractivity contribution < 1.29 is 31.9 Å². The fraction of sp³-hybridized carbons (Fsp3) is 0.250. The largest absolute Gasteiger partial charge is 0.390 e. The molecule has 0 atom stereocenters. The number of anilines is 1. The fourth-order valence-corrected chi connectivity index (χ4v) is 3.88. The first kappa shape index (κ1) is 24.9. The van der Waals surface area contributed by atoms with Crippen LogP contribution in [0.1, 0.15) is 21.5 Å². The molecule has 0 aliphatic carbocycles. The zero-order valence-electron chi connectivity index (χ0n) is 16.4. The number of fused-ring (bicyclic) bond motifs is 1. The molecule has 0 saturated heterocycles. The average molecular weight is 552 g/mol. The third kappa shape index (κ3) is 5.10. The van der Waals surface area contributed by atoms with E-state index in [9.17, 15) is 32.0 Å². The molecule has 0 aliphatic rings. The number of aliphatic hydroxyl groups is 1. The minimum absolute atomic E-state index is 0.000433. The zero-order chi connectivity index (χ0) is 24.5. The lowest BCUT2D eigenvalue weighted by Crippen LogP contribution is -2.32. The summed E-state index contributed by atoms with van der Waals surface area (Å²) in [6.45, 7) is -3.56. The number of hydrogen-bond acceptors (Lipinski definition) is 5. The Balaban J connectivity index is 2.23. The summed E-state index contributed by atoms with van der Waals surface area (Å²) in [7, 11) is 0. The van der Waals surface area contributed by atoms with Crippen LogP contribution < -0.4 is 5.32 Å². The van der Waals surface area contributed by atoms with Crippen molar-refractivity contribution in [2.75, 3.05) is 18.5 Å². The van der Waals surface area contributed by atoms with E-state index in [-0.39, 0.29) is 37.2 Å². The molecule has 0 unspecified atom stereocenters. The molecule has 33 heavy (non-hydrogen) atoms. The second-order valence-electron chi connectivity index (χ2n) is 6.85. The number of carbonyl (C=O) groups is 1. The van der Waals surface area contributed by atoms with Gasteiger partial charge in [0.25, 0.3) is 12.3 Å². The number of hydrogen-bond donors (Lipinski definition) is 2. The summed E-state index contributed by atoms with van der Waals surface area (Å²) < 4.78 is 67.9. The second kappa shape index (κ2) is 9.62. The summed E-state index contributed by atoms with van der Waals surface area (Å²) >= 11 is 9.13. The van der Waals surface area contributed by atoms with E-state index in [0.717, 1.165) is 22.8 Å². The number of aromatic nitrogens is 2. The molecule has 2 N–H and O–H groups in total. The standard InChI is InChI=1S/C20H13BrClF5N4O2/c21-12-4-14-17(30-19(31(14)6-15(24)25)29-7-20(26,27)8-32)11(5-28)16(12)18(33)10-3-9(23)1-2-13(10)22/h1-4,15,32H,6-8H2,(H,29,30). The number of carbonyl (C=O) groups excluding carboxylic acids is 1. The highest BCUT2D eigenvalue weighted by Gasteiger charge is 2.30. The maximum absolute atomic E-state index is 13.7. The second-order valence-corrected chi connectivity index (χ2v) is 8.11. The Bertz CT molecular complexity index is 1280. The van der Waals surface area contributed by atoms with Gasteiger partial charge in [0.05, 0.1) is 34.8 Å². The van der Waals surface area contributed by atoms with Gasteiger partial charge in [0.1, 0.15) is 24.0 Å². The van der Waals surface area contributed by atoms with Gasteiger partial charge in [-0.1, -0.05) is 11.6 Å². The van der Waals surface area contributed by atoms with Crippen molar-refractivity contribution in [3.8, 4) is 6.07 Å². The Labute approximate surface area is 196 Å². The Hall–Kier alpha value is -2.75. The van der Waals surface area contributed by atoms with Crippen molar-refractivity contribution in [2.45, 2.75) is 18.9 Å². The molecule has 0 radical (unpaired) electrons. The minimum Gasteiger partial charge on any atom is -0.390 e. The first-order valence-electron chi connectivity index (χ1n) is 9.12. The van der Waals surface area contributed by atoms with E-state index in [4.69, 9.17) is 16.7 Å². The van der Waals surface area contributed by atoms with Crippen LogP contribution in [0.3, 0.4) is 0 Å². The number of nitriles is 1. The van der Waals surface area contributed by atoms with Gasteiger partial charge in [0.15, 0.2) is 5.78 Å². The molecule has 1 aromatic heterocycles. The lowest BCUT2D eigenvalue weighted by molar-refractivity contribution is -0.0374. The zero-order valence-corrected chi connectivity index (χ0v) is 18.7. The van der Waals surface area contributed by atoms with Gasteiger partial charge in [-0.15, -0.1) is 0 Å². The third-order valence-corrected chi connectivity index (χ3v) is 5.52. The molecule has 1 heterocycles. The quantitative estimate of drug-likeness (QED) is 0.304. The summed E-state index contributed by atoms with van der Waals surface area (Å²) in [6, 6.07) is 6.07. The van der Waals surface area contributed by atoms with Crippen LogP contribution in [0.25, 0.3) is 11.0 Å². The van der Waals surface area contributed by atoms with E-state index >= 15 is 0 Å². The number of halogens is 7. The first-order chi connectivity index (χ1) is 15.5. The van der Waals surface area contributed by atoms with Gasteiger partial charge in [0.2, 0.25) is 5.95 Å². The highest BCUT2D eigenvalue weighted by Crippen LogP contribution is 2.34. The SMILES string of the molecule is N#Cc1c(C(=O)c2cc(F)ccc2Cl)c(Br)cc2c1nc(NCC(F)(F)CO)n2CC(F)F. The van der Waals surface area contributed by atoms with Gasteiger partial charge in [0, 0.05) is 10.0 Å². The van der Waals surface area contributed by atoms with E-state index in [1.54, 1.807) is 6.07 Å². The van der Waals surface area contributed by atoms with Crippen molar-refractivity contribution in [3.63, 3.8) is 0 Å². The molecule has 3 rings (SSSR count). The topological polar surface area (TPSA) is 90.9 Å². The molecule has 3 aromatic rings. The van der Waals surface area contributed by atoms with Crippen molar-refractivity contribution in [1.29, 1.82) is 5.26 Å². The number of benzene rings is 2. The van der Waals surface area contributed by atoms with E-state index in [1.807, 2.05) is 0 Å². The lowest BCUT2D eigenvalue weighted by Gasteiger charge is -2.15. The van der Waals surface area contributed by atoms with Crippen molar-refractivity contribution in [2.24, 2.45) is 0 Å². The van der Waals surface area contributed by atoms with Crippen LogP contribution in [0, 0.1) is 17.1 Å². The molecular formula is C20H13BrClF5N4O2. The molecule has 0 amide bonds. The van der Waals surface area contributed by atoms with Gasteiger partial charge in [-0.25, -0.2) is 26.9 Å². The summed E-state index contributed by atoms with van der Waals surface area (Å²) in [5, 5.41) is 20.6. The lowest BCUT2D eigenvalue weighted by atomic mass is 9.97. The van der Waals surface area contributed by atoms with Crippen LogP contribution in [0.15, 0.2) is 28.7 Å². The molecular weight excluding hydrogens is 539 g/mol. The number of nitrogens with one attached hydrogen (secondary N) is 1. The predicted molar refractivity (Wildman–Crippen MR) is 114 cm³/mol. The van der Waals surface area contributed by atoms with Crippen molar-refractivity contribution in [3.05, 3.63) is 56.3 Å². The monoisotopic (exact) mass is 550 g/mol. The van der Waals surface area contributed by atoms with E-state index in [1.165, 1.54) is 6.07 Å². The van der Waals surface area contributed by atoms with Gasteiger partial charge in [-0.3, -0.25) is 4.79 Å². The number of imidazole rings is 1. The molecule has 2 aromatic carbocycles. The van der Waals surface area contributed by atoms with Crippen LogP contribution in [0.5, 0.6) is 0 Å². The molecule has 0 spiro atoms. The summed E-state index contributed by atoms with van der Waals surface area (Å²) in [4.78, 5) is 17.1. The van der Waals surface area contributed by atoms with E-state index in [0.29, 0.717) is 0 Å². The number of nitrogens with zero attached hydrogens (tertiary/aromatic N) is 3. The van der Waals surface area contributed by atoms with Crippen LogP contribution in [0.4, 0.5) is 27.9 Å². The van der Waals surface area contributed by atoms with Crippen LogP contribution >= 0.6 is 27.5 Å². The van der Waals surface area contributed by atoms with Crippen LogP contribution in [0.2, 0.25) is 5.02 Å². The Morgan fingerprint density at radius 1 is 1.36 bits per heavy atom. The molecule has 0 aliphatic heterocycles. The van der Waals surface area contributed by atoms with Crippen LogP contribution in [-0.2, 0) is 6.54 Å². The highest BCUT2D eigenvalue weighted by molar-refractivity contribution is 9.10. The maximum atomic E-state index is 13.7. The maximum Gasteiger partial charge on any atom is 0.287 e. The number of ketones is 1. The predicted octanol–water partition coefficient (Wildman–Crippen LogP) is 5.00. The normalized spacial score (nSPS) is 11.8. The number of aliphatic hydroxyl groups excluding tert-OH is 1. The minimum atomic E-state index is -3.57. The molecule has 0 bridgehead atoms. The first-order valence-corrected chi connectivity index (χ1v) is 10.3. The Morgan fingerprint density at radius 3 is 2.67 bits per heavy atom. The van der Waals surface area contributed by atoms with Gasteiger partial charge < -0.3 is 15.0 Å². The number of alkyl halides is 4. The molecule has 0 saturated carbocycles. The molecule has 174 valence electrons.